The number of carbonyl (C=O) groups is 2. The Hall–Kier alpha value is -5.14. The summed E-state index contributed by atoms with van der Waals surface area (Å²) in [5.74, 6) is -1.85. The fourth-order valence-corrected chi connectivity index (χ4v) is 4.81. The first-order valence-electron chi connectivity index (χ1n) is 13.2. The predicted molar refractivity (Wildman–Crippen MR) is 158 cm³/mol. The number of anilines is 4. The normalized spacial score (nSPS) is 13.6. The molecule has 0 unspecified atom stereocenters. The lowest BCUT2D eigenvalue weighted by Crippen LogP contribution is -2.47. The number of amides is 2. The molecule has 0 radical (unpaired) electrons. The second-order valence-electron chi connectivity index (χ2n) is 9.61. The largest absolute Gasteiger partial charge is 0.395 e. The van der Waals surface area contributed by atoms with Gasteiger partial charge in [0.25, 0.3) is 5.91 Å². The van der Waals surface area contributed by atoms with Gasteiger partial charge in [-0.3, -0.25) is 23.9 Å². The zero-order valence-corrected chi connectivity index (χ0v) is 22.6. The van der Waals surface area contributed by atoms with Crippen LogP contribution in [0.4, 0.5) is 27.4 Å². The molecule has 42 heavy (non-hydrogen) atoms. The fourth-order valence-electron chi connectivity index (χ4n) is 4.81. The van der Waals surface area contributed by atoms with Crippen molar-refractivity contribution in [2.45, 2.75) is 0 Å². The quantitative estimate of drug-likeness (QED) is 0.220. The summed E-state index contributed by atoms with van der Waals surface area (Å²) in [7, 11) is 0. The third kappa shape index (κ3) is 5.96. The van der Waals surface area contributed by atoms with Gasteiger partial charge in [-0.2, -0.15) is 4.98 Å². The van der Waals surface area contributed by atoms with Crippen molar-refractivity contribution in [1.29, 1.82) is 0 Å². The van der Waals surface area contributed by atoms with E-state index in [1.807, 2.05) is 0 Å². The number of pyridine rings is 1. The number of nitrogens with two attached hydrogens (primary N) is 1. The summed E-state index contributed by atoms with van der Waals surface area (Å²) >= 11 is 0. The predicted octanol–water partition coefficient (Wildman–Crippen LogP) is 2.00. The highest BCUT2D eigenvalue weighted by molar-refractivity contribution is 5.99. The molecule has 1 fully saturated rings. The summed E-state index contributed by atoms with van der Waals surface area (Å²) in [6.07, 6.45) is 2.40. The van der Waals surface area contributed by atoms with Crippen molar-refractivity contribution >= 4 is 45.9 Å². The number of benzene rings is 2. The van der Waals surface area contributed by atoms with Crippen LogP contribution in [-0.4, -0.2) is 75.7 Å². The van der Waals surface area contributed by atoms with Crippen molar-refractivity contribution in [2.24, 2.45) is 5.73 Å². The van der Waals surface area contributed by atoms with Crippen LogP contribution in [0.15, 0.2) is 72.2 Å². The monoisotopic (exact) mass is 572 g/mol. The van der Waals surface area contributed by atoms with Crippen LogP contribution in [0.1, 0.15) is 10.5 Å². The van der Waals surface area contributed by atoms with E-state index in [1.165, 1.54) is 16.8 Å². The molecular weight excluding hydrogens is 543 g/mol. The number of rotatable bonds is 9. The Morgan fingerprint density at radius 2 is 1.88 bits per heavy atom. The zero-order valence-electron chi connectivity index (χ0n) is 22.6. The molecule has 1 aliphatic heterocycles. The first kappa shape index (κ1) is 28.4. The lowest BCUT2D eigenvalue weighted by Gasteiger charge is -2.35. The summed E-state index contributed by atoms with van der Waals surface area (Å²) in [5, 5.41) is 14.7. The van der Waals surface area contributed by atoms with Crippen LogP contribution < -0.4 is 26.7 Å². The average Bonchev–Trinajstić information content (AvgIpc) is 2.98. The number of fused-ring (bicyclic) bond motifs is 1. The van der Waals surface area contributed by atoms with Crippen molar-refractivity contribution in [3.63, 3.8) is 0 Å². The van der Waals surface area contributed by atoms with E-state index >= 15 is 4.39 Å². The molecule has 0 saturated carbocycles. The van der Waals surface area contributed by atoms with Gasteiger partial charge in [0.05, 0.1) is 17.7 Å². The summed E-state index contributed by atoms with van der Waals surface area (Å²) in [5.41, 5.74) is 6.65. The molecule has 12 nitrogen and oxygen atoms in total. The SMILES string of the molecule is C=CC(=O)Nc1cccc(-n2c(C(N)=O)cc(=O)c3cnc(Nc4ccc(N5CCN(CCO)CC5)cc4F)nc32)c1. The van der Waals surface area contributed by atoms with Gasteiger partial charge in [0, 0.05) is 62.0 Å². The van der Waals surface area contributed by atoms with Gasteiger partial charge < -0.3 is 26.4 Å². The number of aromatic nitrogens is 3. The van der Waals surface area contributed by atoms with Crippen molar-refractivity contribution in [3.05, 3.63) is 89.1 Å². The zero-order chi connectivity index (χ0) is 29.8. The molecule has 3 heterocycles. The minimum Gasteiger partial charge on any atom is -0.395 e. The van der Waals surface area contributed by atoms with Crippen LogP contribution >= 0.6 is 0 Å². The number of nitrogens with one attached hydrogen (secondary N) is 2. The molecule has 5 N–H and O–H groups in total. The van der Waals surface area contributed by atoms with E-state index in [0.29, 0.717) is 31.0 Å². The van der Waals surface area contributed by atoms with Gasteiger partial charge >= 0.3 is 0 Å². The van der Waals surface area contributed by atoms with Gasteiger partial charge in [0.15, 0.2) is 11.1 Å². The number of hydrogen-bond donors (Lipinski definition) is 4. The fraction of sp³-hybridized carbons (Fsp3) is 0.207. The molecule has 4 aromatic rings. The first-order valence-corrected chi connectivity index (χ1v) is 13.2. The third-order valence-corrected chi connectivity index (χ3v) is 6.92. The Bertz CT molecular complexity index is 1730. The van der Waals surface area contributed by atoms with Gasteiger partial charge in [0.1, 0.15) is 11.5 Å². The minimum absolute atomic E-state index is 0.0161. The van der Waals surface area contributed by atoms with Crippen molar-refractivity contribution in [2.75, 3.05) is 54.9 Å². The minimum atomic E-state index is -0.874. The highest BCUT2D eigenvalue weighted by Gasteiger charge is 2.20. The standard InChI is InChI=1S/C29H29FN8O4/c1-2-26(41)33-18-4-3-5-20(14-18)38-24(27(31)42)16-25(40)21-17-32-29(35-28(21)38)34-23-7-6-19(15-22(23)30)37-10-8-36(9-11-37)12-13-39/h2-7,14-17,39H,1,8-13H2,(H2,31,42)(H,33,41)(H,32,34,35). The van der Waals surface area contributed by atoms with E-state index in [-0.39, 0.29) is 35.0 Å². The van der Waals surface area contributed by atoms with Gasteiger partial charge in [-0.05, 0) is 42.5 Å². The lowest BCUT2D eigenvalue weighted by atomic mass is 10.2. The van der Waals surface area contributed by atoms with E-state index in [2.05, 4.69) is 37.0 Å². The van der Waals surface area contributed by atoms with Crippen LogP contribution in [0, 0.1) is 5.82 Å². The number of carbonyl (C=O) groups excluding carboxylic acids is 2. The van der Waals surface area contributed by atoms with E-state index in [9.17, 15) is 14.4 Å². The number of aliphatic hydroxyl groups is 1. The number of halogens is 1. The number of β-amino-alcohol motifs (C(OH)–C–C–N with tert-alkyl or cyclic N) is 1. The molecule has 216 valence electrons. The maximum atomic E-state index is 15.2. The second-order valence-corrected chi connectivity index (χ2v) is 9.61. The molecular formula is C29H29FN8O4. The van der Waals surface area contributed by atoms with Crippen LogP contribution in [0.3, 0.4) is 0 Å². The van der Waals surface area contributed by atoms with E-state index in [1.54, 1.807) is 36.4 Å². The Morgan fingerprint density at radius 1 is 1.10 bits per heavy atom. The average molecular weight is 573 g/mol. The van der Waals surface area contributed by atoms with E-state index in [4.69, 9.17) is 10.8 Å². The summed E-state index contributed by atoms with van der Waals surface area (Å²) in [6.45, 7) is 7.11. The first-order chi connectivity index (χ1) is 20.3. The van der Waals surface area contributed by atoms with Crippen LogP contribution in [0.2, 0.25) is 0 Å². The molecule has 1 saturated heterocycles. The summed E-state index contributed by atoms with van der Waals surface area (Å²) in [6, 6.07) is 12.4. The van der Waals surface area contributed by atoms with E-state index in [0.717, 1.165) is 30.9 Å². The summed E-state index contributed by atoms with van der Waals surface area (Å²) < 4.78 is 16.6. The lowest BCUT2D eigenvalue weighted by molar-refractivity contribution is -0.111. The number of piperazine rings is 1. The van der Waals surface area contributed by atoms with Crippen LogP contribution in [0.5, 0.6) is 0 Å². The Morgan fingerprint density at radius 3 is 2.57 bits per heavy atom. The van der Waals surface area contributed by atoms with E-state index < -0.39 is 23.1 Å². The number of aliphatic hydroxyl groups excluding tert-OH is 1. The molecule has 0 atom stereocenters. The molecule has 5 rings (SSSR count). The number of nitrogens with zero attached hydrogens (tertiary/aromatic N) is 5. The molecule has 0 spiro atoms. The summed E-state index contributed by atoms with van der Waals surface area (Å²) in [4.78, 5) is 49.9. The smallest absolute Gasteiger partial charge is 0.265 e. The Balaban J connectivity index is 1.49. The molecule has 2 amide bonds. The highest BCUT2D eigenvalue weighted by Crippen LogP contribution is 2.26. The molecule has 2 aromatic carbocycles. The third-order valence-electron chi connectivity index (χ3n) is 6.92. The molecule has 13 heteroatoms. The maximum Gasteiger partial charge on any atom is 0.265 e. The topological polar surface area (TPSA) is 159 Å². The van der Waals surface area contributed by atoms with Crippen molar-refractivity contribution in [3.8, 4) is 5.69 Å². The van der Waals surface area contributed by atoms with Gasteiger partial charge in [-0.1, -0.05) is 12.6 Å². The molecule has 1 aliphatic rings. The number of primary amides is 1. The second kappa shape index (κ2) is 12.2. The Kier molecular flexibility index (Phi) is 8.22. The van der Waals surface area contributed by atoms with Crippen LogP contribution in [0.25, 0.3) is 16.7 Å². The highest BCUT2D eigenvalue weighted by atomic mass is 19.1. The van der Waals surface area contributed by atoms with Gasteiger partial charge in [-0.15, -0.1) is 0 Å². The van der Waals surface area contributed by atoms with Crippen molar-refractivity contribution < 1.29 is 19.1 Å². The Labute approximate surface area is 239 Å². The maximum absolute atomic E-state index is 15.2. The van der Waals surface area contributed by atoms with Gasteiger partial charge in [-0.25, -0.2) is 9.37 Å². The van der Waals surface area contributed by atoms with Gasteiger partial charge in [0.2, 0.25) is 11.9 Å². The molecule has 2 aromatic heterocycles. The molecule has 0 bridgehead atoms. The number of hydrogen-bond acceptors (Lipinski definition) is 9. The van der Waals surface area contributed by atoms with Crippen molar-refractivity contribution in [1.82, 2.24) is 19.4 Å². The van der Waals surface area contributed by atoms with Crippen LogP contribution in [-0.2, 0) is 4.79 Å². The molecule has 0 aliphatic carbocycles.